The maximum atomic E-state index is 13.3. The first-order chi connectivity index (χ1) is 15.5. The Morgan fingerprint density at radius 3 is 2.25 bits per heavy atom. The zero-order valence-electron chi connectivity index (χ0n) is 18.5. The van der Waals surface area contributed by atoms with Crippen molar-refractivity contribution in [3.05, 3.63) is 54.1 Å². The summed E-state index contributed by atoms with van der Waals surface area (Å²) in [5, 5.41) is 6.33. The number of benzene rings is 2. The Morgan fingerprint density at radius 2 is 1.66 bits per heavy atom. The molecule has 2 aliphatic rings. The summed E-state index contributed by atoms with van der Waals surface area (Å²) in [5.74, 6) is -0.262. The second-order valence-electron chi connectivity index (χ2n) is 8.58. The number of amides is 2. The molecule has 0 spiro atoms. The molecule has 1 unspecified atom stereocenters. The van der Waals surface area contributed by atoms with Crippen LogP contribution in [0.15, 0.2) is 48.5 Å². The van der Waals surface area contributed by atoms with Crippen LogP contribution in [0.5, 0.6) is 0 Å². The normalized spacial score (nSPS) is 19.3. The molecule has 7 heteroatoms. The fraction of sp³-hybridized carbons (Fsp3) is 0.440. The van der Waals surface area contributed by atoms with Crippen LogP contribution in [-0.2, 0) is 16.1 Å². The maximum Gasteiger partial charge on any atom is 0.225 e. The van der Waals surface area contributed by atoms with Gasteiger partial charge in [-0.1, -0.05) is 12.1 Å². The molecule has 1 atom stereocenters. The molecule has 0 aromatic heterocycles. The van der Waals surface area contributed by atoms with Crippen molar-refractivity contribution in [3.8, 4) is 0 Å². The van der Waals surface area contributed by atoms with Gasteiger partial charge >= 0.3 is 0 Å². The number of nitrogens with one attached hydrogen (secondary N) is 2. The number of carbonyl (C=O) groups excluding carboxylic acids is 2. The van der Waals surface area contributed by atoms with Crippen LogP contribution in [0.2, 0.25) is 0 Å². The van der Waals surface area contributed by atoms with Gasteiger partial charge in [-0.3, -0.25) is 9.59 Å². The predicted molar refractivity (Wildman–Crippen MR) is 125 cm³/mol. The lowest BCUT2D eigenvalue weighted by molar-refractivity contribution is -0.128. The molecule has 4 rings (SSSR count). The fourth-order valence-corrected chi connectivity index (χ4v) is 4.32. The van der Waals surface area contributed by atoms with Gasteiger partial charge in [-0.2, -0.15) is 0 Å². The molecule has 6 nitrogen and oxygen atoms in total. The highest BCUT2D eigenvalue weighted by Crippen LogP contribution is 2.25. The average Bonchev–Trinajstić information content (AvgIpc) is 3.20. The number of rotatable bonds is 7. The van der Waals surface area contributed by atoms with Gasteiger partial charge < -0.3 is 20.4 Å². The van der Waals surface area contributed by atoms with Gasteiger partial charge in [-0.15, -0.1) is 0 Å². The van der Waals surface area contributed by atoms with E-state index in [1.165, 1.54) is 0 Å². The third kappa shape index (κ3) is 5.39. The molecule has 2 aromatic rings. The Balaban J connectivity index is 1.26. The molecule has 2 saturated heterocycles. The van der Waals surface area contributed by atoms with Gasteiger partial charge in [-0.05, 0) is 61.7 Å². The van der Waals surface area contributed by atoms with Crippen LogP contribution in [0.3, 0.4) is 0 Å². The minimum absolute atomic E-state index is 0.0560. The van der Waals surface area contributed by atoms with Crippen molar-refractivity contribution in [2.45, 2.75) is 38.9 Å². The Labute approximate surface area is 188 Å². The van der Waals surface area contributed by atoms with E-state index in [2.05, 4.69) is 27.7 Å². The molecule has 2 aromatic carbocycles. The van der Waals surface area contributed by atoms with E-state index < -0.39 is 6.17 Å². The van der Waals surface area contributed by atoms with Crippen molar-refractivity contribution in [2.75, 3.05) is 36.4 Å². The van der Waals surface area contributed by atoms with E-state index in [0.717, 1.165) is 35.7 Å². The third-order valence-electron chi connectivity index (χ3n) is 6.33. The minimum Gasteiger partial charge on any atom is -0.371 e. The Morgan fingerprint density at radius 1 is 1.03 bits per heavy atom. The SMILES string of the molecule is CCN1CC(C(=O)NCc2ccc(Nc3ccc(N4CCC(F)CC4)cc3)cc2)CC1=O. The number of carbonyl (C=O) groups is 2. The van der Waals surface area contributed by atoms with Crippen molar-refractivity contribution >= 4 is 28.9 Å². The lowest BCUT2D eigenvalue weighted by Gasteiger charge is -2.30. The first kappa shape index (κ1) is 22.1. The molecule has 2 heterocycles. The molecule has 0 saturated carbocycles. The molecule has 2 amide bonds. The van der Waals surface area contributed by atoms with E-state index in [9.17, 15) is 14.0 Å². The molecule has 2 fully saturated rings. The number of hydrogen-bond donors (Lipinski definition) is 2. The van der Waals surface area contributed by atoms with Crippen LogP contribution in [0.1, 0.15) is 31.7 Å². The summed E-state index contributed by atoms with van der Waals surface area (Å²) in [4.78, 5) is 28.1. The number of anilines is 3. The van der Waals surface area contributed by atoms with Crippen LogP contribution in [0.4, 0.5) is 21.5 Å². The number of hydrogen-bond acceptors (Lipinski definition) is 4. The Hall–Kier alpha value is -3.09. The first-order valence-electron chi connectivity index (χ1n) is 11.4. The van der Waals surface area contributed by atoms with Gasteiger partial charge in [0.2, 0.25) is 11.8 Å². The monoisotopic (exact) mass is 438 g/mol. The molecule has 32 heavy (non-hydrogen) atoms. The smallest absolute Gasteiger partial charge is 0.225 e. The van der Waals surface area contributed by atoms with Crippen molar-refractivity contribution in [3.63, 3.8) is 0 Å². The van der Waals surface area contributed by atoms with E-state index in [-0.39, 0.29) is 17.7 Å². The predicted octanol–water partition coefficient (Wildman–Crippen LogP) is 3.85. The second kappa shape index (κ2) is 10.0. The number of likely N-dealkylation sites (tertiary alicyclic amines) is 1. The third-order valence-corrected chi connectivity index (χ3v) is 6.33. The molecular formula is C25H31FN4O2. The van der Waals surface area contributed by atoms with E-state index in [1.54, 1.807) is 4.90 Å². The van der Waals surface area contributed by atoms with Gasteiger partial charge in [0.05, 0.1) is 5.92 Å². The van der Waals surface area contributed by atoms with E-state index >= 15 is 0 Å². The van der Waals surface area contributed by atoms with Crippen molar-refractivity contribution < 1.29 is 14.0 Å². The van der Waals surface area contributed by atoms with Crippen molar-refractivity contribution in [1.29, 1.82) is 0 Å². The molecule has 0 bridgehead atoms. The van der Waals surface area contributed by atoms with Crippen LogP contribution in [0, 0.1) is 5.92 Å². The van der Waals surface area contributed by atoms with Gasteiger partial charge in [0, 0.05) is 56.2 Å². The highest BCUT2D eigenvalue weighted by atomic mass is 19.1. The van der Waals surface area contributed by atoms with Crippen LogP contribution in [-0.4, -0.2) is 49.1 Å². The van der Waals surface area contributed by atoms with E-state index in [0.29, 0.717) is 38.9 Å². The zero-order chi connectivity index (χ0) is 22.5. The van der Waals surface area contributed by atoms with Crippen LogP contribution in [0.25, 0.3) is 0 Å². The number of alkyl halides is 1. The summed E-state index contributed by atoms with van der Waals surface area (Å²) in [6.07, 6.45) is 0.836. The Bertz CT molecular complexity index is 924. The quantitative estimate of drug-likeness (QED) is 0.689. The molecule has 2 N–H and O–H groups in total. The standard InChI is InChI=1S/C25H31FN4O2/c1-2-29-17-19(15-24(29)31)25(32)27-16-18-3-5-21(6-4-18)28-22-7-9-23(10-8-22)30-13-11-20(26)12-14-30/h3-10,19-20,28H,2,11-17H2,1H3,(H,27,32). The number of piperidine rings is 1. The lowest BCUT2D eigenvalue weighted by Crippen LogP contribution is -2.34. The van der Waals surface area contributed by atoms with Gasteiger partial charge in [0.1, 0.15) is 6.17 Å². The fourth-order valence-electron chi connectivity index (χ4n) is 4.32. The molecule has 0 aliphatic carbocycles. The summed E-state index contributed by atoms with van der Waals surface area (Å²) in [7, 11) is 0. The first-order valence-corrected chi connectivity index (χ1v) is 11.4. The van der Waals surface area contributed by atoms with Crippen molar-refractivity contribution in [2.24, 2.45) is 5.92 Å². The highest BCUT2D eigenvalue weighted by molar-refractivity contribution is 5.89. The van der Waals surface area contributed by atoms with Gasteiger partial charge in [0.15, 0.2) is 0 Å². The molecule has 170 valence electrons. The maximum absolute atomic E-state index is 13.3. The van der Waals surface area contributed by atoms with Gasteiger partial charge in [0.25, 0.3) is 0 Å². The highest BCUT2D eigenvalue weighted by Gasteiger charge is 2.33. The summed E-state index contributed by atoms with van der Waals surface area (Å²) >= 11 is 0. The summed E-state index contributed by atoms with van der Waals surface area (Å²) < 4.78 is 13.3. The number of nitrogens with zero attached hydrogens (tertiary/aromatic N) is 2. The summed E-state index contributed by atoms with van der Waals surface area (Å²) in [6, 6.07) is 16.1. The van der Waals surface area contributed by atoms with E-state index in [4.69, 9.17) is 0 Å². The Kier molecular flexibility index (Phi) is 6.93. The number of halogens is 1. The van der Waals surface area contributed by atoms with Crippen molar-refractivity contribution in [1.82, 2.24) is 10.2 Å². The minimum atomic E-state index is -0.665. The molecule has 0 radical (unpaired) electrons. The second-order valence-corrected chi connectivity index (χ2v) is 8.58. The molecular weight excluding hydrogens is 407 g/mol. The van der Waals surface area contributed by atoms with Gasteiger partial charge in [-0.25, -0.2) is 4.39 Å². The van der Waals surface area contributed by atoms with Crippen LogP contribution >= 0.6 is 0 Å². The summed E-state index contributed by atoms with van der Waals surface area (Å²) in [6.45, 7) is 5.06. The average molecular weight is 439 g/mol. The zero-order valence-corrected chi connectivity index (χ0v) is 18.5. The summed E-state index contributed by atoms with van der Waals surface area (Å²) in [5.41, 5.74) is 4.08. The van der Waals surface area contributed by atoms with Crippen LogP contribution < -0.4 is 15.5 Å². The lowest BCUT2D eigenvalue weighted by atomic mass is 10.1. The molecule has 2 aliphatic heterocycles. The topological polar surface area (TPSA) is 64.7 Å². The van der Waals surface area contributed by atoms with E-state index in [1.807, 2.05) is 43.3 Å². The largest absolute Gasteiger partial charge is 0.371 e.